The van der Waals surface area contributed by atoms with E-state index in [2.05, 4.69) is 31.3 Å². The predicted octanol–water partition coefficient (Wildman–Crippen LogP) is 0.809. The number of carboxylic acid groups (broad SMARTS) is 2. The van der Waals surface area contributed by atoms with Crippen LogP contribution in [0.1, 0.15) is 91.5 Å². The number of methoxy groups -OCH3 is 1. The van der Waals surface area contributed by atoms with Crippen molar-refractivity contribution in [2.24, 2.45) is 11.8 Å². The summed E-state index contributed by atoms with van der Waals surface area (Å²) < 4.78 is 4.59. The van der Waals surface area contributed by atoms with Crippen molar-refractivity contribution in [2.75, 3.05) is 7.11 Å². The second kappa shape index (κ2) is 24.3. The van der Waals surface area contributed by atoms with Gasteiger partial charge < -0.3 is 46.6 Å². The van der Waals surface area contributed by atoms with E-state index < -0.39 is 90.6 Å². The van der Waals surface area contributed by atoms with Gasteiger partial charge in [-0.05, 0) is 50.0 Å². The number of esters is 1. The smallest absolute Gasteiger partial charge is 0.326 e. The van der Waals surface area contributed by atoms with Crippen molar-refractivity contribution in [3.8, 4) is 0 Å². The highest BCUT2D eigenvalue weighted by molar-refractivity contribution is 5.95. The highest BCUT2D eigenvalue weighted by atomic mass is 16.5. The normalized spacial score (nSPS) is 14.4. The molecule has 1 unspecified atom stereocenters. The molecule has 0 aliphatic heterocycles. The highest BCUT2D eigenvalue weighted by Crippen LogP contribution is 2.13. The van der Waals surface area contributed by atoms with Crippen LogP contribution in [0.15, 0.2) is 30.3 Å². The quantitative estimate of drug-likeness (QED) is 0.0508. The molecular weight excluding hydrogens is 706 g/mol. The van der Waals surface area contributed by atoms with Crippen LogP contribution >= 0.6 is 0 Å². The van der Waals surface area contributed by atoms with Crippen LogP contribution < -0.4 is 26.6 Å². The Hall–Kier alpha value is -5.06. The topological polar surface area (TPSA) is 267 Å². The Labute approximate surface area is 315 Å². The fourth-order valence-electron chi connectivity index (χ4n) is 5.38. The van der Waals surface area contributed by atoms with Gasteiger partial charge in [0, 0.05) is 25.7 Å². The van der Waals surface area contributed by atoms with Crippen LogP contribution in [-0.4, -0.2) is 106 Å². The predicted molar refractivity (Wildman–Crippen MR) is 195 cm³/mol. The van der Waals surface area contributed by atoms with E-state index >= 15 is 0 Å². The molecule has 0 fully saturated rings. The first-order chi connectivity index (χ1) is 25.3. The maximum absolute atomic E-state index is 13.3. The number of ether oxygens (including phenoxy) is 1. The highest BCUT2D eigenvalue weighted by Gasteiger charge is 2.32. The van der Waals surface area contributed by atoms with Crippen LogP contribution in [0.2, 0.25) is 0 Å². The SMILES string of the molecule is COC(=O)CCCCC(=O)NC(CC(C)C)[C@@H](O)CC(=O)N[C@@H](C(=O)N[C@H](C)C(=O)N[C@H](CCC(=O)O)C(=O)N[C@H](Cc1ccccc1)C(=O)O)C(C)C. The summed E-state index contributed by atoms with van der Waals surface area (Å²) in [4.78, 5) is 99.7. The molecule has 1 aromatic carbocycles. The Morgan fingerprint density at radius 1 is 0.704 bits per heavy atom. The van der Waals surface area contributed by atoms with Gasteiger partial charge in [0.1, 0.15) is 24.2 Å². The summed E-state index contributed by atoms with van der Waals surface area (Å²) in [6.07, 6.45) is -1.21. The fourth-order valence-corrected chi connectivity index (χ4v) is 5.38. The number of aliphatic hydroxyl groups is 1. The first-order valence-corrected chi connectivity index (χ1v) is 18.1. The molecular formula is C37H57N5O12. The minimum atomic E-state index is -1.45. The average Bonchev–Trinajstić information content (AvgIpc) is 3.09. The molecule has 6 atom stereocenters. The number of nitrogens with one attached hydrogen (secondary N) is 5. The van der Waals surface area contributed by atoms with Crippen molar-refractivity contribution in [3.63, 3.8) is 0 Å². The summed E-state index contributed by atoms with van der Waals surface area (Å²) in [5.74, 6) is -7.00. The van der Waals surface area contributed by atoms with E-state index in [1.54, 1.807) is 44.2 Å². The molecule has 8 N–H and O–H groups in total. The van der Waals surface area contributed by atoms with Gasteiger partial charge in [-0.2, -0.15) is 0 Å². The zero-order valence-electron chi connectivity index (χ0n) is 31.9. The van der Waals surface area contributed by atoms with Crippen molar-refractivity contribution in [2.45, 2.75) is 129 Å². The number of carbonyl (C=O) groups excluding carboxylic acids is 6. The van der Waals surface area contributed by atoms with Crippen molar-refractivity contribution in [1.82, 2.24) is 26.6 Å². The van der Waals surface area contributed by atoms with E-state index in [0.717, 1.165) is 0 Å². The number of carbonyl (C=O) groups is 8. The second-order valence-corrected chi connectivity index (χ2v) is 14.0. The van der Waals surface area contributed by atoms with Gasteiger partial charge in [-0.3, -0.25) is 33.6 Å². The molecule has 0 aliphatic carbocycles. The molecule has 17 nitrogen and oxygen atoms in total. The summed E-state index contributed by atoms with van der Waals surface area (Å²) in [5.41, 5.74) is 0.622. The van der Waals surface area contributed by atoms with Crippen molar-refractivity contribution >= 4 is 47.4 Å². The minimum Gasteiger partial charge on any atom is -0.481 e. The number of aliphatic hydroxyl groups excluding tert-OH is 1. The second-order valence-electron chi connectivity index (χ2n) is 14.0. The lowest BCUT2D eigenvalue weighted by atomic mass is 9.96. The summed E-state index contributed by atoms with van der Waals surface area (Å²) >= 11 is 0. The number of hydrogen-bond acceptors (Lipinski definition) is 10. The zero-order valence-corrected chi connectivity index (χ0v) is 31.9. The van der Waals surface area contributed by atoms with Gasteiger partial charge in [0.25, 0.3) is 0 Å². The standard InChI is InChI=1S/C37H57N5O12/c1-21(2)18-26(39-29(44)14-10-11-15-32(48)54-6)28(43)20-30(45)42-33(22(3)4)36(51)38-23(5)34(49)40-25(16-17-31(46)47)35(50)41-27(37(52)53)19-24-12-8-7-9-13-24/h7-9,12-13,21-23,25-28,33,43H,10-11,14-20H2,1-6H3,(H,38,51)(H,39,44)(H,40,49)(H,41,50)(H,42,45)(H,46,47)(H,52,53)/t23-,25-,26?,27-,28+,33-/m1/s1. The van der Waals surface area contributed by atoms with E-state index in [1.807, 2.05) is 13.8 Å². The van der Waals surface area contributed by atoms with Gasteiger partial charge in [0.15, 0.2) is 0 Å². The van der Waals surface area contributed by atoms with Gasteiger partial charge in [-0.25, -0.2) is 4.79 Å². The van der Waals surface area contributed by atoms with Gasteiger partial charge in [-0.15, -0.1) is 0 Å². The van der Waals surface area contributed by atoms with Crippen molar-refractivity contribution < 1.29 is 58.4 Å². The molecule has 1 rings (SSSR count). The Morgan fingerprint density at radius 3 is 1.87 bits per heavy atom. The number of amides is 5. The largest absolute Gasteiger partial charge is 0.481 e. The lowest BCUT2D eigenvalue weighted by molar-refractivity contribution is -0.143. The molecule has 54 heavy (non-hydrogen) atoms. The summed E-state index contributed by atoms with van der Waals surface area (Å²) in [6.45, 7) is 8.38. The summed E-state index contributed by atoms with van der Waals surface area (Å²) in [7, 11) is 1.28. The number of carboxylic acids is 2. The number of rotatable bonds is 25. The van der Waals surface area contributed by atoms with E-state index in [0.29, 0.717) is 24.8 Å². The maximum atomic E-state index is 13.3. The fraction of sp³-hybridized carbons (Fsp3) is 0.622. The van der Waals surface area contributed by atoms with Crippen molar-refractivity contribution in [3.05, 3.63) is 35.9 Å². The molecule has 0 spiro atoms. The van der Waals surface area contributed by atoms with Crippen LogP contribution in [0, 0.1) is 11.8 Å². The van der Waals surface area contributed by atoms with Crippen LogP contribution in [0.25, 0.3) is 0 Å². The molecule has 0 saturated carbocycles. The Bertz CT molecular complexity index is 1420. The molecule has 302 valence electrons. The molecule has 0 aromatic heterocycles. The molecule has 0 heterocycles. The third-order valence-corrected chi connectivity index (χ3v) is 8.39. The number of unbranched alkanes of at least 4 members (excludes halogenated alkanes) is 1. The first-order valence-electron chi connectivity index (χ1n) is 18.1. The molecule has 1 aromatic rings. The Kier molecular flexibility index (Phi) is 21.1. The molecule has 0 aliphatic rings. The minimum absolute atomic E-state index is 0.0526. The Balaban J connectivity index is 2.90. The first kappa shape index (κ1) is 47.0. The van der Waals surface area contributed by atoms with E-state index in [1.165, 1.54) is 14.0 Å². The Morgan fingerprint density at radius 2 is 1.31 bits per heavy atom. The molecule has 17 heteroatoms. The van der Waals surface area contributed by atoms with Crippen LogP contribution in [0.5, 0.6) is 0 Å². The lowest BCUT2D eigenvalue weighted by Crippen LogP contribution is -2.58. The lowest BCUT2D eigenvalue weighted by Gasteiger charge is -2.28. The van der Waals surface area contributed by atoms with E-state index in [-0.39, 0.29) is 43.5 Å². The van der Waals surface area contributed by atoms with Gasteiger partial charge in [0.05, 0.1) is 25.7 Å². The van der Waals surface area contributed by atoms with Gasteiger partial charge in [-0.1, -0.05) is 58.0 Å². The molecule has 0 bridgehead atoms. The van der Waals surface area contributed by atoms with E-state index in [9.17, 15) is 53.7 Å². The maximum Gasteiger partial charge on any atom is 0.326 e. The monoisotopic (exact) mass is 763 g/mol. The molecule has 5 amide bonds. The average molecular weight is 764 g/mol. The van der Waals surface area contributed by atoms with Crippen LogP contribution in [0.3, 0.4) is 0 Å². The number of hydrogen-bond donors (Lipinski definition) is 8. The van der Waals surface area contributed by atoms with Gasteiger partial charge >= 0.3 is 17.9 Å². The summed E-state index contributed by atoms with van der Waals surface area (Å²) in [5, 5.41) is 42.4. The number of aliphatic carboxylic acids is 2. The molecule has 0 radical (unpaired) electrons. The van der Waals surface area contributed by atoms with Gasteiger partial charge in [0.2, 0.25) is 29.5 Å². The number of benzene rings is 1. The summed E-state index contributed by atoms with van der Waals surface area (Å²) in [6, 6.07) is 2.46. The van der Waals surface area contributed by atoms with E-state index in [4.69, 9.17) is 0 Å². The van der Waals surface area contributed by atoms with Crippen LogP contribution in [0.4, 0.5) is 0 Å². The zero-order chi connectivity index (χ0) is 41.0. The third-order valence-electron chi connectivity index (χ3n) is 8.39. The van der Waals surface area contributed by atoms with Crippen LogP contribution in [-0.2, 0) is 49.5 Å². The van der Waals surface area contributed by atoms with Crippen molar-refractivity contribution in [1.29, 1.82) is 0 Å². The molecule has 0 saturated heterocycles. The third kappa shape index (κ3) is 18.6.